The second-order valence-electron chi connectivity index (χ2n) is 4.57. The minimum atomic E-state index is -0.387. The molecule has 1 aromatic rings. The molecule has 0 aliphatic carbocycles. The largest absolute Gasteiger partial charge is 0.493 e. The molecule has 0 N–H and O–H groups in total. The summed E-state index contributed by atoms with van der Waals surface area (Å²) >= 11 is 0. The molecule has 0 aromatic heterocycles. The van der Waals surface area contributed by atoms with Gasteiger partial charge in [0.15, 0.2) is 11.5 Å². The van der Waals surface area contributed by atoms with Crippen molar-refractivity contribution in [3.8, 4) is 11.5 Å². The Labute approximate surface area is 123 Å². The maximum absolute atomic E-state index is 11.3. The summed E-state index contributed by atoms with van der Waals surface area (Å²) in [5.74, 6) is 0.845. The van der Waals surface area contributed by atoms with Crippen LogP contribution in [0.3, 0.4) is 0 Å². The van der Waals surface area contributed by atoms with Gasteiger partial charge in [0.25, 0.3) is 0 Å². The van der Waals surface area contributed by atoms with Crippen LogP contribution in [0.15, 0.2) is 17.3 Å². The van der Waals surface area contributed by atoms with Gasteiger partial charge in [-0.15, -0.1) is 0 Å². The molecule has 1 unspecified atom stereocenters. The maximum Gasteiger partial charge on any atom is 0.334 e. The van der Waals surface area contributed by atoms with Crippen LogP contribution in [0.2, 0.25) is 0 Å². The molecule has 6 nitrogen and oxygen atoms in total. The van der Waals surface area contributed by atoms with Crippen molar-refractivity contribution in [2.75, 3.05) is 14.2 Å². The molecule has 0 amide bonds. The number of hydrogen-bond donors (Lipinski definition) is 0. The van der Waals surface area contributed by atoms with Crippen LogP contribution in [0.4, 0.5) is 0 Å². The number of benzene rings is 1. The first-order valence-corrected chi connectivity index (χ1v) is 6.75. The van der Waals surface area contributed by atoms with E-state index in [4.69, 9.17) is 19.0 Å². The average Bonchev–Trinajstić information content (AvgIpc) is 2.52. The van der Waals surface area contributed by atoms with Gasteiger partial charge in [0.1, 0.15) is 11.8 Å². The first kappa shape index (κ1) is 15.3. The van der Waals surface area contributed by atoms with Gasteiger partial charge in [-0.25, -0.2) is 4.79 Å². The van der Waals surface area contributed by atoms with E-state index in [0.29, 0.717) is 23.8 Å². The standard InChI is InChI=1S/C15H19NO5/c1-5-13(17)21-16-14-9(2)20-8-11-10(14)6-7-12(18-3)15(11)19-4/h6-7,9H,5,8H2,1-4H3/b16-14-. The number of carbonyl (C=O) groups excluding carboxylic acids is 1. The van der Waals surface area contributed by atoms with E-state index in [-0.39, 0.29) is 18.5 Å². The number of ether oxygens (including phenoxy) is 3. The lowest BCUT2D eigenvalue weighted by Gasteiger charge is -2.26. The van der Waals surface area contributed by atoms with E-state index in [1.807, 2.05) is 13.0 Å². The third-order valence-electron chi connectivity index (χ3n) is 3.32. The zero-order chi connectivity index (χ0) is 15.4. The molecule has 21 heavy (non-hydrogen) atoms. The lowest BCUT2D eigenvalue weighted by atomic mass is 9.96. The summed E-state index contributed by atoms with van der Waals surface area (Å²) in [6.07, 6.45) is 0.00501. The first-order chi connectivity index (χ1) is 10.1. The molecule has 0 spiro atoms. The fourth-order valence-corrected chi connectivity index (χ4v) is 2.17. The van der Waals surface area contributed by atoms with E-state index in [2.05, 4.69) is 5.16 Å². The highest BCUT2D eigenvalue weighted by atomic mass is 16.7. The Morgan fingerprint density at radius 1 is 1.38 bits per heavy atom. The first-order valence-electron chi connectivity index (χ1n) is 6.75. The van der Waals surface area contributed by atoms with Crippen LogP contribution in [0, 0.1) is 0 Å². The monoisotopic (exact) mass is 293 g/mol. The van der Waals surface area contributed by atoms with Crippen molar-refractivity contribution in [2.45, 2.75) is 33.0 Å². The predicted molar refractivity (Wildman–Crippen MR) is 76.7 cm³/mol. The van der Waals surface area contributed by atoms with Crippen LogP contribution in [0.5, 0.6) is 11.5 Å². The highest BCUT2D eigenvalue weighted by Gasteiger charge is 2.28. The van der Waals surface area contributed by atoms with Gasteiger partial charge in [0.05, 0.1) is 20.8 Å². The molecular weight excluding hydrogens is 274 g/mol. The SMILES string of the molecule is CCC(=O)O/N=C1\c2ccc(OC)c(OC)c2COC1C. The third kappa shape index (κ3) is 3.00. The highest BCUT2D eigenvalue weighted by Crippen LogP contribution is 2.37. The number of oxime groups is 1. The Morgan fingerprint density at radius 3 is 2.76 bits per heavy atom. The fourth-order valence-electron chi connectivity index (χ4n) is 2.17. The van der Waals surface area contributed by atoms with Crippen molar-refractivity contribution < 1.29 is 23.8 Å². The second kappa shape index (κ2) is 6.58. The lowest BCUT2D eigenvalue weighted by molar-refractivity contribution is -0.143. The van der Waals surface area contributed by atoms with E-state index >= 15 is 0 Å². The third-order valence-corrected chi connectivity index (χ3v) is 3.32. The molecule has 2 rings (SSSR count). The number of hydrogen-bond acceptors (Lipinski definition) is 6. The Morgan fingerprint density at radius 2 is 2.14 bits per heavy atom. The van der Waals surface area contributed by atoms with Crippen LogP contribution in [-0.4, -0.2) is 32.0 Å². The van der Waals surface area contributed by atoms with E-state index in [1.54, 1.807) is 27.2 Å². The molecule has 1 atom stereocenters. The van der Waals surface area contributed by atoms with Crippen molar-refractivity contribution >= 4 is 11.7 Å². The van der Waals surface area contributed by atoms with Gasteiger partial charge in [-0.2, -0.15) is 0 Å². The average molecular weight is 293 g/mol. The summed E-state index contributed by atoms with van der Waals surface area (Å²) in [5.41, 5.74) is 2.25. The van der Waals surface area contributed by atoms with Crippen molar-refractivity contribution in [2.24, 2.45) is 5.16 Å². The Balaban J connectivity index is 2.46. The molecule has 114 valence electrons. The normalized spacial score (nSPS) is 19.0. The van der Waals surface area contributed by atoms with Gasteiger partial charge < -0.3 is 19.0 Å². The molecule has 0 saturated carbocycles. The summed E-state index contributed by atoms with van der Waals surface area (Å²) in [6.45, 7) is 3.96. The number of nitrogens with zero attached hydrogens (tertiary/aromatic N) is 1. The molecule has 0 radical (unpaired) electrons. The number of fused-ring (bicyclic) bond motifs is 1. The summed E-state index contributed by atoms with van der Waals surface area (Å²) < 4.78 is 16.3. The summed E-state index contributed by atoms with van der Waals surface area (Å²) in [4.78, 5) is 16.2. The van der Waals surface area contributed by atoms with Crippen molar-refractivity contribution in [3.63, 3.8) is 0 Å². The van der Waals surface area contributed by atoms with Crippen LogP contribution in [0.1, 0.15) is 31.4 Å². The zero-order valence-electron chi connectivity index (χ0n) is 12.6. The van der Waals surface area contributed by atoms with Crippen LogP contribution >= 0.6 is 0 Å². The van der Waals surface area contributed by atoms with Crippen LogP contribution < -0.4 is 9.47 Å². The van der Waals surface area contributed by atoms with E-state index in [9.17, 15) is 4.79 Å². The molecule has 1 heterocycles. The predicted octanol–water partition coefficient (Wildman–Crippen LogP) is 2.28. The van der Waals surface area contributed by atoms with Crippen LogP contribution in [-0.2, 0) is 21.0 Å². The summed E-state index contributed by atoms with van der Waals surface area (Å²) in [7, 11) is 3.15. The Kier molecular flexibility index (Phi) is 4.80. The van der Waals surface area contributed by atoms with Crippen molar-refractivity contribution in [1.29, 1.82) is 0 Å². The van der Waals surface area contributed by atoms with Gasteiger partial charge in [-0.1, -0.05) is 12.1 Å². The van der Waals surface area contributed by atoms with Crippen LogP contribution in [0.25, 0.3) is 0 Å². The molecule has 0 fully saturated rings. The van der Waals surface area contributed by atoms with E-state index in [0.717, 1.165) is 11.1 Å². The lowest BCUT2D eigenvalue weighted by Crippen LogP contribution is -2.29. The number of methoxy groups -OCH3 is 2. The van der Waals surface area contributed by atoms with Crippen molar-refractivity contribution in [3.05, 3.63) is 23.3 Å². The molecule has 0 bridgehead atoms. The highest BCUT2D eigenvalue weighted by molar-refractivity contribution is 6.06. The quantitative estimate of drug-likeness (QED) is 0.629. The molecule has 1 aliphatic rings. The van der Waals surface area contributed by atoms with E-state index < -0.39 is 0 Å². The summed E-state index contributed by atoms with van der Waals surface area (Å²) in [5, 5.41) is 3.95. The molecular formula is C15H19NO5. The van der Waals surface area contributed by atoms with E-state index in [1.165, 1.54) is 0 Å². The molecule has 6 heteroatoms. The van der Waals surface area contributed by atoms with Gasteiger partial charge in [-0.05, 0) is 19.1 Å². The molecule has 0 saturated heterocycles. The fraction of sp³-hybridized carbons (Fsp3) is 0.467. The molecule has 1 aliphatic heterocycles. The second-order valence-corrected chi connectivity index (χ2v) is 4.57. The minimum absolute atomic E-state index is 0.264. The Hall–Kier alpha value is -2.08. The molecule has 1 aromatic carbocycles. The number of carbonyl (C=O) groups is 1. The topological polar surface area (TPSA) is 66.4 Å². The van der Waals surface area contributed by atoms with Gasteiger partial charge >= 0.3 is 5.97 Å². The zero-order valence-corrected chi connectivity index (χ0v) is 12.6. The van der Waals surface area contributed by atoms with Gasteiger partial charge in [0, 0.05) is 17.5 Å². The Bertz CT molecular complexity index is 567. The number of rotatable bonds is 4. The minimum Gasteiger partial charge on any atom is -0.493 e. The smallest absolute Gasteiger partial charge is 0.334 e. The maximum atomic E-state index is 11.3. The van der Waals surface area contributed by atoms with Gasteiger partial charge in [-0.3, -0.25) is 0 Å². The van der Waals surface area contributed by atoms with Crippen molar-refractivity contribution in [1.82, 2.24) is 0 Å². The van der Waals surface area contributed by atoms with Gasteiger partial charge in [0.2, 0.25) is 0 Å². The summed E-state index contributed by atoms with van der Waals surface area (Å²) in [6, 6.07) is 3.67.